The van der Waals surface area contributed by atoms with Crippen LogP contribution in [0.3, 0.4) is 0 Å². The Morgan fingerprint density at radius 1 is 1.40 bits per heavy atom. The zero-order valence-corrected chi connectivity index (χ0v) is 16.2. The fourth-order valence-corrected chi connectivity index (χ4v) is 3.84. The molecule has 1 aliphatic heterocycles. The van der Waals surface area contributed by atoms with E-state index in [1.807, 2.05) is 6.92 Å². The number of rotatable bonds is 6. The SMILES string of the molecule is CC(C)CC(CN)NC(=O)CN1C(=O)NC2(CCCCC2C)C1=O.Cl. The predicted octanol–water partition coefficient (Wildman–Crippen LogP) is 1.40. The summed E-state index contributed by atoms with van der Waals surface area (Å²) in [6.07, 6.45) is 4.31. The van der Waals surface area contributed by atoms with Crippen LogP contribution < -0.4 is 16.4 Å². The molecule has 8 heteroatoms. The Bertz CT molecular complexity index is 514. The van der Waals surface area contributed by atoms with Gasteiger partial charge in [-0.15, -0.1) is 12.4 Å². The summed E-state index contributed by atoms with van der Waals surface area (Å²) >= 11 is 0. The number of hydrogen-bond donors (Lipinski definition) is 3. The van der Waals surface area contributed by atoms with E-state index in [1.165, 1.54) is 0 Å². The number of urea groups is 1. The Labute approximate surface area is 155 Å². The zero-order chi connectivity index (χ0) is 17.9. The summed E-state index contributed by atoms with van der Waals surface area (Å²) in [5.74, 6) is -0.103. The first-order valence-corrected chi connectivity index (χ1v) is 8.93. The number of nitrogens with one attached hydrogen (secondary N) is 2. The third-order valence-corrected chi connectivity index (χ3v) is 5.21. The quantitative estimate of drug-likeness (QED) is 0.611. The second-order valence-electron chi connectivity index (χ2n) is 7.57. The van der Waals surface area contributed by atoms with Gasteiger partial charge in [-0.1, -0.05) is 33.6 Å². The number of imide groups is 1. The minimum atomic E-state index is -0.819. The highest BCUT2D eigenvalue weighted by Crippen LogP contribution is 2.38. The van der Waals surface area contributed by atoms with Crippen LogP contribution in [0.4, 0.5) is 4.79 Å². The normalized spacial score (nSPS) is 27.2. The summed E-state index contributed by atoms with van der Waals surface area (Å²) < 4.78 is 0. The van der Waals surface area contributed by atoms with Gasteiger partial charge in [-0.25, -0.2) is 4.79 Å². The van der Waals surface area contributed by atoms with Crippen LogP contribution in [0, 0.1) is 11.8 Å². The molecule has 2 aliphatic rings. The molecule has 3 unspecified atom stereocenters. The molecule has 0 aromatic heterocycles. The van der Waals surface area contributed by atoms with Crippen LogP contribution in [0.2, 0.25) is 0 Å². The average Bonchev–Trinajstić information content (AvgIpc) is 2.74. The van der Waals surface area contributed by atoms with Crippen molar-refractivity contribution in [1.82, 2.24) is 15.5 Å². The van der Waals surface area contributed by atoms with Crippen LogP contribution in [0.15, 0.2) is 0 Å². The van der Waals surface area contributed by atoms with Gasteiger partial charge in [0.15, 0.2) is 0 Å². The van der Waals surface area contributed by atoms with Crippen molar-refractivity contribution in [2.45, 2.75) is 64.5 Å². The number of carbonyl (C=O) groups is 3. The van der Waals surface area contributed by atoms with Gasteiger partial charge in [-0.3, -0.25) is 14.5 Å². The topological polar surface area (TPSA) is 105 Å². The third kappa shape index (κ3) is 4.64. The number of halogens is 1. The Morgan fingerprint density at radius 2 is 2.08 bits per heavy atom. The number of carbonyl (C=O) groups excluding carboxylic acids is 3. The van der Waals surface area contributed by atoms with Gasteiger partial charge in [0.05, 0.1) is 0 Å². The zero-order valence-electron chi connectivity index (χ0n) is 15.3. The minimum Gasteiger partial charge on any atom is -0.351 e. The lowest BCUT2D eigenvalue weighted by molar-refractivity contribution is -0.137. The molecule has 144 valence electrons. The molecule has 0 aromatic carbocycles. The fourth-order valence-electron chi connectivity index (χ4n) is 3.84. The molecule has 4 amide bonds. The second-order valence-corrected chi connectivity index (χ2v) is 7.57. The third-order valence-electron chi connectivity index (χ3n) is 5.21. The van der Waals surface area contributed by atoms with Gasteiger partial charge in [0.25, 0.3) is 5.91 Å². The van der Waals surface area contributed by atoms with Crippen molar-refractivity contribution in [3.63, 3.8) is 0 Å². The first kappa shape index (κ1) is 21.7. The minimum absolute atomic E-state index is 0. The van der Waals surface area contributed by atoms with Gasteiger partial charge in [-0.2, -0.15) is 0 Å². The van der Waals surface area contributed by atoms with E-state index in [-0.39, 0.29) is 42.7 Å². The smallest absolute Gasteiger partial charge is 0.325 e. The number of hydrogen-bond acceptors (Lipinski definition) is 4. The molecule has 1 spiro atoms. The van der Waals surface area contributed by atoms with Gasteiger partial charge in [-0.05, 0) is 31.1 Å². The summed E-state index contributed by atoms with van der Waals surface area (Å²) in [5.41, 5.74) is 4.87. The van der Waals surface area contributed by atoms with E-state index < -0.39 is 11.6 Å². The first-order chi connectivity index (χ1) is 11.3. The van der Waals surface area contributed by atoms with Crippen molar-refractivity contribution in [3.8, 4) is 0 Å². The van der Waals surface area contributed by atoms with Gasteiger partial charge in [0, 0.05) is 12.6 Å². The maximum Gasteiger partial charge on any atom is 0.325 e. The molecule has 0 aromatic rings. The van der Waals surface area contributed by atoms with Crippen LogP contribution in [-0.2, 0) is 9.59 Å². The first-order valence-electron chi connectivity index (χ1n) is 8.93. The number of nitrogens with two attached hydrogens (primary N) is 1. The molecular weight excluding hydrogens is 344 g/mol. The highest BCUT2D eigenvalue weighted by Gasteiger charge is 2.55. The monoisotopic (exact) mass is 374 g/mol. The summed E-state index contributed by atoms with van der Waals surface area (Å²) in [5, 5.41) is 5.69. The molecule has 4 N–H and O–H groups in total. The summed E-state index contributed by atoms with van der Waals surface area (Å²) in [6, 6.07) is -0.599. The van der Waals surface area contributed by atoms with Crippen LogP contribution in [0.25, 0.3) is 0 Å². The van der Waals surface area contributed by atoms with E-state index in [4.69, 9.17) is 5.73 Å². The Morgan fingerprint density at radius 3 is 2.64 bits per heavy atom. The molecule has 0 radical (unpaired) electrons. The lowest BCUT2D eigenvalue weighted by Crippen LogP contribution is -2.54. The van der Waals surface area contributed by atoms with E-state index in [0.29, 0.717) is 18.9 Å². The second kappa shape index (κ2) is 8.85. The van der Waals surface area contributed by atoms with Gasteiger partial charge < -0.3 is 16.4 Å². The molecular formula is C17H31ClN4O3. The number of amides is 4. The molecule has 2 fully saturated rings. The van der Waals surface area contributed by atoms with Crippen molar-refractivity contribution in [2.75, 3.05) is 13.1 Å². The Kier molecular flexibility index (Phi) is 7.68. The van der Waals surface area contributed by atoms with Crippen molar-refractivity contribution in [2.24, 2.45) is 17.6 Å². The van der Waals surface area contributed by atoms with E-state index in [2.05, 4.69) is 24.5 Å². The standard InChI is InChI=1S/C17H30N4O3.ClH/c1-11(2)8-13(9-18)19-14(22)10-21-15(23)17(20-16(21)24)7-5-4-6-12(17)3;/h11-13H,4-10,18H2,1-3H3,(H,19,22)(H,20,24);1H. The molecule has 7 nitrogen and oxygen atoms in total. The lowest BCUT2D eigenvalue weighted by atomic mass is 9.73. The van der Waals surface area contributed by atoms with Crippen molar-refractivity contribution in [1.29, 1.82) is 0 Å². The summed E-state index contributed by atoms with van der Waals surface area (Å²) in [6.45, 7) is 6.20. The highest BCUT2D eigenvalue weighted by molar-refractivity contribution is 6.09. The maximum absolute atomic E-state index is 12.8. The summed E-state index contributed by atoms with van der Waals surface area (Å²) in [4.78, 5) is 38.4. The lowest BCUT2D eigenvalue weighted by Gasteiger charge is -2.36. The van der Waals surface area contributed by atoms with E-state index in [9.17, 15) is 14.4 Å². The molecule has 25 heavy (non-hydrogen) atoms. The van der Waals surface area contributed by atoms with Crippen LogP contribution in [0.5, 0.6) is 0 Å². The van der Waals surface area contributed by atoms with Gasteiger partial charge in [0.1, 0.15) is 12.1 Å². The highest BCUT2D eigenvalue weighted by atomic mass is 35.5. The largest absolute Gasteiger partial charge is 0.351 e. The molecule has 1 aliphatic carbocycles. The van der Waals surface area contributed by atoms with Crippen LogP contribution in [0.1, 0.15) is 52.9 Å². The molecule has 1 saturated heterocycles. The Balaban J connectivity index is 0.00000312. The molecule has 0 bridgehead atoms. The molecule has 3 atom stereocenters. The Hall–Kier alpha value is -1.34. The number of nitrogens with zero attached hydrogens (tertiary/aromatic N) is 1. The van der Waals surface area contributed by atoms with Crippen LogP contribution >= 0.6 is 12.4 Å². The molecule has 1 heterocycles. The molecule has 1 saturated carbocycles. The van der Waals surface area contributed by atoms with Crippen molar-refractivity contribution in [3.05, 3.63) is 0 Å². The molecule has 2 rings (SSSR count). The van der Waals surface area contributed by atoms with Crippen LogP contribution in [-0.4, -0.2) is 47.4 Å². The average molecular weight is 375 g/mol. The predicted molar refractivity (Wildman–Crippen MR) is 98.3 cm³/mol. The van der Waals surface area contributed by atoms with E-state index in [0.717, 1.165) is 30.6 Å². The van der Waals surface area contributed by atoms with Crippen molar-refractivity contribution < 1.29 is 14.4 Å². The maximum atomic E-state index is 12.8. The fraction of sp³-hybridized carbons (Fsp3) is 0.824. The van der Waals surface area contributed by atoms with Gasteiger partial charge in [0.2, 0.25) is 5.91 Å². The van der Waals surface area contributed by atoms with E-state index >= 15 is 0 Å². The van der Waals surface area contributed by atoms with Gasteiger partial charge >= 0.3 is 6.03 Å². The van der Waals surface area contributed by atoms with E-state index in [1.54, 1.807) is 0 Å². The summed E-state index contributed by atoms with van der Waals surface area (Å²) in [7, 11) is 0. The van der Waals surface area contributed by atoms with Crippen molar-refractivity contribution >= 4 is 30.3 Å².